The van der Waals surface area contributed by atoms with Crippen LogP contribution in [0.5, 0.6) is 0 Å². The molecule has 37 heavy (non-hydrogen) atoms. The minimum Gasteiger partial charge on any atom is -0.368 e. The van der Waals surface area contributed by atoms with Gasteiger partial charge in [0, 0.05) is 75.8 Å². The zero-order valence-corrected chi connectivity index (χ0v) is 20.6. The second-order valence-corrected chi connectivity index (χ2v) is 9.46. The molecule has 2 aromatic heterocycles. The summed E-state index contributed by atoms with van der Waals surface area (Å²) in [6.07, 6.45) is 3.58. The molecule has 7 nitrogen and oxygen atoms in total. The molecule has 188 valence electrons. The molecule has 2 saturated heterocycles. The first-order valence-electron chi connectivity index (χ1n) is 12.8. The third-order valence-corrected chi connectivity index (χ3v) is 7.32. The average Bonchev–Trinajstić information content (AvgIpc) is 2.97. The highest BCUT2D eigenvalue weighted by Gasteiger charge is 2.26. The van der Waals surface area contributed by atoms with E-state index in [0.29, 0.717) is 31.7 Å². The van der Waals surface area contributed by atoms with Crippen LogP contribution in [-0.2, 0) is 0 Å². The van der Waals surface area contributed by atoms with Crippen LogP contribution < -0.4 is 14.7 Å². The summed E-state index contributed by atoms with van der Waals surface area (Å²) in [4.78, 5) is 31.6. The fourth-order valence-electron chi connectivity index (χ4n) is 5.28. The van der Waals surface area contributed by atoms with Gasteiger partial charge in [-0.2, -0.15) is 0 Å². The van der Waals surface area contributed by atoms with Gasteiger partial charge in [0.15, 0.2) is 0 Å². The van der Waals surface area contributed by atoms with Crippen LogP contribution in [0.25, 0.3) is 10.8 Å². The van der Waals surface area contributed by atoms with Crippen LogP contribution in [0.15, 0.2) is 79.1 Å². The summed E-state index contributed by atoms with van der Waals surface area (Å²) in [5.41, 5.74) is 1.62. The Morgan fingerprint density at radius 1 is 0.676 bits per heavy atom. The van der Waals surface area contributed by atoms with Gasteiger partial charge in [0.05, 0.1) is 5.56 Å². The number of hydrogen-bond donors (Lipinski definition) is 0. The normalized spacial score (nSPS) is 16.4. The first kappa shape index (κ1) is 23.2. The smallest absolute Gasteiger partial charge is 0.256 e. The lowest BCUT2D eigenvalue weighted by atomic mass is 10.0. The number of hydrogen-bond acceptors (Lipinski definition) is 6. The second kappa shape index (κ2) is 10.0. The molecule has 0 N–H and O–H groups in total. The van der Waals surface area contributed by atoms with Crippen molar-refractivity contribution in [3.8, 4) is 0 Å². The lowest BCUT2D eigenvalue weighted by Gasteiger charge is -2.37. The summed E-state index contributed by atoms with van der Waals surface area (Å²) in [7, 11) is 0. The molecule has 4 aromatic rings. The highest BCUT2D eigenvalue weighted by molar-refractivity contribution is 6.09. The van der Waals surface area contributed by atoms with Crippen molar-refractivity contribution >= 4 is 34.0 Å². The number of nitrogens with zero attached hydrogens (tertiary/aromatic N) is 6. The van der Waals surface area contributed by atoms with Gasteiger partial charge in [-0.1, -0.05) is 30.3 Å². The molecule has 6 rings (SSSR count). The lowest BCUT2D eigenvalue weighted by Crippen LogP contribution is -2.49. The van der Waals surface area contributed by atoms with Gasteiger partial charge >= 0.3 is 0 Å². The number of anilines is 3. The molecule has 0 unspecified atom stereocenters. The number of fused-ring (bicyclic) bond motifs is 1. The van der Waals surface area contributed by atoms with Crippen molar-refractivity contribution in [2.75, 3.05) is 67.1 Å². The Balaban J connectivity index is 1.18. The van der Waals surface area contributed by atoms with Crippen LogP contribution in [0.4, 0.5) is 21.7 Å². The molecule has 0 saturated carbocycles. The molecule has 0 spiro atoms. The average molecular weight is 497 g/mol. The molecule has 4 heterocycles. The van der Waals surface area contributed by atoms with E-state index in [9.17, 15) is 9.18 Å². The molecule has 0 atom stereocenters. The predicted molar refractivity (Wildman–Crippen MR) is 145 cm³/mol. The predicted octanol–water partition coefficient (Wildman–Crippen LogP) is 4.06. The Morgan fingerprint density at radius 3 is 2.03 bits per heavy atom. The van der Waals surface area contributed by atoms with E-state index in [2.05, 4.69) is 25.8 Å². The van der Waals surface area contributed by atoms with E-state index in [1.165, 1.54) is 12.1 Å². The molecule has 8 heteroatoms. The van der Waals surface area contributed by atoms with Crippen molar-refractivity contribution in [2.24, 2.45) is 0 Å². The molecule has 0 aliphatic carbocycles. The highest BCUT2D eigenvalue weighted by Crippen LogP contribution is 2.29. The maximum absolute atomic E-state index is 13.6. The number of carbonyl (C=O) groups is 1. The van der Waals surface area contributed by atoms with Gasteiger partial charge in [0.1, 0.15) is 17.5 Å². The number of piperazine rings is 2. The molecular formula is C29H29FN6O. The molecule has 0 bridgehead atoms. The first-order valence-corrected chi connectivity index (χ1v) is 12.8. The third kappa shape index (κ3) is 4.67. The number of benzene rings is 2. The van der Waals surface area contributed by atoms with Gasteiger partial charge in [-0.25, -0.2) is 14.4 Å². The third-order valence-electron chi connectivity index (χ3n) is 7.32. The van der Waals surface area contributed by atoms with E-state index in [-0.39, 0.29) is 11.7 Å². The van der Waals surface area contributed by atoms with Gasteiger partial charge in [-0.15, -0.1) is 0 Å². The second-order valence-electron chi connectivity index (χ2n) is 9.46. The zero-order chi connectivity index (χ0) is 25.2. The molecule has 0 radical (unpaired) electrons. The monoisotopic (exact) mass is 496 g/mol. The number of amides is 1. The highest BCUT2D eigenvalue weighted by atomic mass is 19.1. The van der Waals surface area contributed by atoms with Crippen LogP contribution in [0, 0.1) is 5.82 Å². The Kier molecular flexibility index (Phi) is 6.30. The molecule has 2 aliphatic heterocycles. The summed E-state index contributed by atoms with van der Waals surface area (Å²) in [6, 6.07) is 20.6. The molecule has 1 amide bonds. The van der Waals surface area contributed by atoms with E-state index < -0.39 is 0 Å². The largest absolute Gasteiger partial charge is 0.368 e. The van der Waals surface area contributed by atoms with Crippen LogP contribution in [-0.4, -0.2) is 73.1 Å². The van der Waals surface area contributed by atoms with Crippen molar-refractivity contribution in [1.82, 2.24) is 14.9 Å². The van der Waals surface area contributed by atoms with Gasteiger partial charge in [0.25, 0.3) is 5.91 Å². The Hall–Kier alpha value is -4.20. The van der Waals surface area contributed by atoms with Gasteiger partial charge in [-0.05, 0) is 41.8 Å². The van der Waals surface area contributed by atoms with E-state index in [0.717, 1.165) is 54.3 Å². The summed E-state index contributed by atoms with van der Waals surface area (Å²) in [6.45, 7) is 6.06. The zero-order valence-electron chi connectivity index (χ0n) is 20.6. The summed E-state index contributed by atoms with van der Waals surface area (Å²) in [5.74, 6) is 1.69. The van der Waals surface area contributed by atoms with Crippen molar-refractivity contribution in [3.63, 3.8) is 0 Å². The SMILES string of the molecule is O=C(c1cnc(N2CCN(c3ccccn3)CC2)c2ccccc12)N1CCN(c2ccc(F)cc2)CC1. The van der Waals surface area contributed by atoms with Gasteiger partial charge in [-0.3, -0.25) is 4.79 Å². The molecule has 2 aliphatic rings. The summed E-state index contributed by atoms with van der Waals surface area (Å²) >= 11 is 0. The lowest BCUT2D eigenvalue weighted by molar-refractivity contribution is 0.0748. The van der Waals surface area contributed by atoms with Gasteiger partial charge < -0.3 is 19.6 Å². The van der Waals surface area contributed by atoms with E-state index in [1.807, 2.05) is 47.5 Å². The number of pyridine rings is 2. The minimum atomic E-state index is -0.240. The fourth-order valence-corrected chi connectivity index (χ4v) is 5.28. The van der Waals surface area contributed by atoms with Crippen LogP contribution in [0.3, 0.4) is 0 Å². The fraction of sp³-hybridized carbons (Fsp3) is 0.276. The number of halogens is 1. The number of rotatable bonds is 4. The van der Waals surface area contributed by atoms with Crippen LogP contribution >= 0.6 is 0 Å². The molecule has 2 aromatic carbocycles. The first-order chi connectivity index (χ1) is 18.2. The van der Waals surface area contributed by atoms with Crippen LogP contribution in [0.2, 0.25) is 0 Å². The standard InChI is InChI=1S/C29H29FN6O/c30-22-8-10-23(11-9-22)33-13-19-36(20-14-33)29(37)26-21-32-28(25-6-2-1-5-24(25)26)35-17-15-34(16-18-35)27-7-3-4-12-31-27/h1-12,21H,13-20H2. The Morgan fingerprint density at radius 2 is 1.32 bits per heavy atom. The molecule has 2 fully saturated rings. The Labute approximate surface area is 215 Å². The van der Waals surface area contributed by atoms with Crippen molar-refractivity contribution < 1.29 is 9.18 Å². The summed E-state index contributed by atoms with van der Waals surface area (Å²) < 4.78 is 13.3. The maximum atomic E-state index is 13.6. The van der Waals surface area contributed by atoms with Crippen molar-refractivity contribution in [3.05, 3.63) is 90.5 Å². The van der Waals surface area contributed by atoms with Gasteiger partial charge in [0.2, 0.25) is 0 Å². The quantitative estimate of drug-likeness (QED) is 0.425. The van der Waals surface area contributed by atoms with E-state index >= 15 is 0 Å². The Bertz CT molecular complexity index is 1380. The van der Waals surface area contributed by atoms with Crippen molar-refractivity contribution in [1.29, 1.82) is 0 Å². The number of carbonyl (C=O) groups excluding carboxylic acids is 1. The van der Waals surface area contributed by atoms with Crippen LogP contribution in [0.1, 0.15) is 10.4 Å². The van der Waals surface area contributed by atoms with E-state index in [1.54, 1.807) is 18.3 Å². The number of aromatic nitrogens is 2. The maximum Gasteiger partial charge on any atom is 0.256 e. The van der Waals surface area contributed by atoms with E-state index in [4.69, 9.17) is 4.98 Å². The van der Waals surface area contributed by atoms with Crippen molar-refractivity contribution in [2.45, 2.75) is 0 Å². The topological polar surface area (TPSA) is 55.8 Å². The molecular weight excluding hydrogens is 467 g/mol. The summed E-state index contributed by atoms with van der Waals surface area (Å²) in [5, 5.41) is 1.94. The minimum absolute atomic E-state index is 0.00831.